The number of carbonyl (C=O) groups excluding carboxylic acids is 2. The fourth-order valence-electron chi connectivity index (χ4n) is 3.96. The number of amides is 1. The molecule has 154 valence electrons. The molecule has 1 amide bonds. The molecule has 0 aromatic heterocycles. The maximum atomic E-state index is 12.6. The normalized spacial score (nSPS) is 16.3. The summed E-state index contributed by atoms with van der Waals surface area (Å²) in [6.45, 7) is 5.85. The second-order valence-corrected chi connectivity index (χ2v) is 8.32. The standard InChI is InChI=1S/C25H31NO3/c1-18(2)16-19-4-6-21(7-5-19)24(27)12-13-25(28)26-15-14-22(17-26)20-8-10-23(29-3)11-9-20/h4-11,18,22H,12-17H2,1-3H3. The Hall–Kier alpha value is -2.62. The minimum atomic E-state index is 0.0420. The zero-order valence-electron chi connectivity index (χ0n) is 17.7. The predicted octanol–water partition coefficient (Wildman–Crippen LogP) is 4.87. The minimum absolute atomic E-state index is 0.0420. The van der Waals surface area contributed by atoms with E-state index in [4.69, 9.17) is 4.74 Å². The van der Waals surface area contributed by atoms with Gasteiger partial charge in [-0.3, -0.25) is 9.59 Å². The number of benzene rings is 2. The summed E-state index contributed by atoms with van der Waals surface area (Å²) in [4.78, 5) is 26.9. The molecule has 1 aliphatic heterocycles. The van der Waals surface area contributed by atoms with Gasteiger partial charge in [-0.05, 0) is 42.0 Å². The van der Waals surface area contributed by atoms with Crippen molar-refractivity contribution in [2.75, 3.05) is 20.2 Å². The maximum Gasteiger partial charge on any atom is 0.223 e. The van der Waals surface area contributed by atoms with Crippen LogP contribution in [0.5, 0.6) is 5.75 Å². The largest absolute Gasteiger partial charge is 0.497 e. The van der Waals surface area contributed by atoms with Crippen molar-refractivity contribution in [3.05, 3.63) is 65.2 Å². The Morgan fingerprint density at radius 1 is 1.03 bits per heavy atom. The van der Waals surface area contributed by atoms with Crippen LogP contribution in [0.1, 0.15) is 60.5 Å². The minimum Gasteiger partial charge on any atom is -0.497 e. The molecular formula is C25H31NO3. The number of ether oxygens (including phenoxy) is 1. The molecule has 1 unspecified atom stereocenters. The Labute approximate surface area is 173 Å². The van der Waals surface area contributed by atoms with E-state index >= 15 is 0 Å². The molecule has 4 nitrogen and oxygen atoms in total. The van der Waals surface area contributed by atoms with Crippen molar-refractivity contribution in [3.63, 3.8) is 0 Å². The molecule has 2 aromatic carbocycles. The van der Waals surface area contributed by atoms with Crippen molar-refractivity contribution in [3.8, 4) is 5.75 Å². The van der Waals surface area contributed by atoms with E-state index in [1.807, 2.05) is 41.3 Å². The van der Waals surface area contributed by atoms with Gasteiger partial charge in [0.05, 0.1) is 7.11 Å². The number of hydrogen-bond acceptors (Lipinski definition) is 3. The third-order valence-corrected chi connectivity index (χ3v) is 5.61. The van der Waals surface area contributed by atoms with E-state index in [-0.39, 0.29) is 24.5 Å². The monoisotopic (exact) mass is 393 g/mol. The van der Waals surface area contributed by atoms with Crippen LogP contribution in [0, 0.1) is 5.92 Å². The number of likely N-dealkylation sites (tertiary alicyclic amines) is 1. The quantitative estimate of drug-likeness (QED) is 0.601. The fraction of sp³-hybridized carbons (Fsp3) is 0.440. The van der Waals surface area contributed by atoms with Crippen LogP contribution in [0.4, 0.5) is 0 Å². The van der Waals surface area contributed by atoms with Gasteiger partial charge in [0.2, 0.25) is 5.91 Å². The lowest BCUT2D eigenvalue weighted by Crippen LogP contribution is -2.28. The molecule has 3 rings (SSSR count). The van der Waals surface area contributed by atoms with Gasteiger partial charge in [0, 0.05) is 37.4 Å². The van der Waals surface area contributed by atoms with Crippen LogP contribution in [-0.4, -0.2) is 36.8 Å². The van der Waals surface area contributed by atoms with Crippen molar-refractivity contribution >= 4 is 11.7 Å². The molecule has 0 radical (unpaired) electrons. The first kappa shape index (κ1) is 21.1. The van der Waals surface area contributed by atoms with Crippen LogP contribution in [0.15, 0.2) is 48.5 Å². The van der Waals surface area contributed by atoms with Crippen LogP contribution in [-0.2, 0) is 11.2 Å². The lowest BCUT2D eigenvalue weighted by molar-refractivity contribution is -0.130. The van der Waals surface area contributed by atoms with Crippen LogP contribution in [0.3, 0.4) is 0 Å². The summed E-state index contributed by atoms with van der Waals surface area (Å²) in [6.07, 6.45) is 2.52. The highest BCUT2D eigenvalue weighted by molar-refractivity contribution is 5.98. The van der Waals surface area contributed by atoms with Gasteiger partial charge in [0.25, 0.3) is 0 Å². The van der Waals surface area contributed by atoms with Gasteiger partial charge < -0.3 is 9.64 Å². The van der Waals surface area contributed by atoms with E-state index in [0.29, 0.717) is 17.4 Å². The highest BCUT2D eigenvalue weighted by atomic mass is 16.5. The maximum absolute atomic E-state index is 12.6. The first-order valence-corrected chi connectivity index (χ1v) is 10.5. The number of carbonyl (C=O) groups is 2. The van der Waals surface area contributed by atoms with E-state index in [2.05, 4.69) is 26.0 Å². The SMILES string of the molecule is COc1ccc(C2CCN(C(=O)CCC(=O)c3ccc(CC(C)C)cc3)C2)cc1. The Kier molecular flexibility index (Phi) is 7.08. The van der Waals surface area contributed by atoms with Crippen LogP contribution in [0.25, 0.3) is 0 Å². The summed E-state index contributed by atoms with van der Waals surface area (Å²) in [6, 6.07) is 15.9. The smallest absolute Gasteiger partial charge is 0.223 e. The van der Waals surface area contributed by atoms with Crippen LogP contribution >= 0.6 is 0 Å². The fourth-order valence-corrected chi connectivity index (χ4v) is 3.96. The molecule has 1 atom stereocenters. The molecule has 1 aliphatic rings. The zero-order chi connectivity index (χ0) is 20.8. The van der Waals surface area contributed by atoms with E-state index in [1.165, 1.54) is 11.1 Å². The average Bonchev–Trinajstić information content (AvgIpc) is 3.22. The summed E-state index contributed by atoms with van der Waals surface area (Å²) in [5.41, 5.74) is 3.18. The van der Waals surface area contributed by atoms with Gasteiger partial charge in [-0.1, -0.05) is 50.2 Å². The van der Waals surface area contributed by atoms with Crippen molar-refractivity contribution in [1.82, 2.24) is 4.90 Å². The Balaban J connectivity index is 1.48. The van der Waals surface area contributed by atoms with Crippen molar-refractivity contribution in [2.45, 2.75) is 45.4 Å². The summed E-state index contributed by atoms with van der Waals surface area (Å²) < 4.78 is 5.21. The van der Waals surface area contributed by atoms with Crippen LogP contribution in [0.2, 0.25) is 0 Å². The average molecular weight is 394 g/mol. The van der Waals surface area contributed by atoms with E-state index in [1.54, 1.807) is 7.11 Å². The molecule has 0 bridgehead atoms. The Morgan fingerprint density at radius 2 is 1.72 bits per heavy atom. The number of ketones is 1. The van der Waals surface area contributed by atoms with Gasteiger partial charge in [-0.2, -0.15) is 0 Å². The first-order valence-electron chi connectivity index (χ1n) is 10.5. The summed E-state index contributed by atoms with van der Waals surface area (Å²) >= 11 is 0. The Morgan fingerprint density at radius 3 is 2.34 bits per heavy atom. The number of Topliss-reactive ketones (excluding diaryl/α,β-unsaturated/α-hetero) is 1. The van der Waals surface area contributed by atoms with Crippen molar-refractivity contribution < 1.29 is 14.3 Å². The number of nitrogens with zero attached hydrogens (tertiary/aromatic N) is 1. The lowest BCUT2D eigenvalue weighted by Gasteiger charge is -2.17. The molecule has 1 fully saturated rings. The highest BCUT2D eigenvalue weighted by Gasteiger charge is 2.27. The van der Waals surface area contributed by atoms with Gasteiger partial charge in [0.1, 0.15) is 5.75 Å². The van der Waals surface area contributed by atoms with E-state index < -0.39 is 0 Å². The van der Waals surface area contributed by atoms with E-state index in [0.717, 1.165) is 31.7 Å². The highest BCUT2D eigenvalue weighted by Crippen LogP contribution is 2.29. The predicted molar refractivity (Wildman–Crippen MR) is 115 cm³/mol. The molecule has 0 saturated carbocycles. The molecule has 0 aliphatic carbocycles. The van der Waals surface area contributed by atoms with Gasteiger partial charge >= 0.3 is 0 Å². The van der Waals surface area contributed by atoms with Gasteiger partial charge in [-0.25, -0.2) is 0 Å². The van der Waals surface area contributed by atoms with Crippen LogP contribution < -0.4 is 4.74 Å². The second kappa shape index (κ2) is 9.73. The third-order valence-electron chi connectivity index (χ3n) is 5.61. The summed E-state index contributed by atoms with van der Waals surface area (Å²) in [5, 5.41) is 0. The topological polar surface area (TPSA) is 46.6 Å². The van der Waals surface area contributed by atoms with Crippen molar-refractivity contribution in [1.29, 1.82) is 0 Å². The number of hydrogen-bond donors (Lipinski definition) is 0. The molecule has 1 heterocycles. The first-order chi connectivity index (χ1) is 14.0. The second-order valence-electron chi connectivity index (χ2n) is 8.32. The third kappa shape index (κ3) is 5.69. The van der Waals surface area contributed by atoms with Gasteiger partial charge in [0.15, 0.2) is 5.78 Å². The number of rotatable bonds is 8. The number of methoxy groups -OCH3 is 1. The lowest BCUT2D eigenvalue weighted by atomic mass is 9.98. The molecule has 1 saturated heterocycles. The summed E-state index contributed by atoms with van der Waals surface area (Å²) in [7, 11) is 1.66. The summed E-state index contributed by atoms with van der Waals surface area (Å²) in [5.74, 6) is 1.91. The van der Waals surface area contributed by atoms with Crippen molar-refractivity contribution in [2.24, 2.45) is 5.92 Å². The molecule has 2 aromatic rings. The molecule has 4 heteroatoms. The zero-order valence-corrected chi connectivity index (χ0v) is 17.7. The molecule has 0 N–H and O–H groups in total. The molecular weight excluding hydrogens is 362 g/mol. The van der Waals surface area contributed by atoms with E-state index in [9.17, 15) is 9.59 Å². The molecule has 0 spiro atoms. The Bertz CT molecular complexity index is 824. The molecule has 29 heavy (non-hydrogen) atoms. The van der Waals surface area contributed by atoms with Gasteiger partial charge in [-0.15, -0.1) is 0 Å².